The number of alkyl halides is 3. The molecule has 0 spiro atoms. The fraction of sp³-hybridized carbons (Fsp3) is 0.900. The van der Waals surface area contributed by atoms with Crippen molar-refractivity contribution in [1.82, 2.24) is 5.32 Å². The van der Waals surface area contributed by atoms with Crippen molar-refractivity contribution in [3.63, 3.8) is 0 Å². The average Bonchev–Trinajstić information content (AvgIpc) is 2.13. The molecule has 1 fully saturated rings. The van der Waals surface area contributed by atoms with Crippen LogP contribution in [0.2, 0.25) is 0 Å². The van der Waals surface area contributed by atoms with Gasteiger partial charge in [0.05, 0.1) is 11.5 Å². The molecule has 0 aromatic heterocycles. The summed E-state index contributed by atoms with van der Waals surface area (Å²) in [6.07, 6.45) is -5.63. The van der Waals surface area contributed by atoms with Crippen LogP contribution in [-0.4, -0.2) is 44.5 Å². The van der Waals surface area contributed by atoms with Gasteiger partial charge in [0.2, 0.25) is 0 Å². The number of halogens is 3. The topological polar surface area (TPSA) is 63.2 Å². The quantitative estimate of drug-likeness (QED) is 0.821. The SMILES string of the molecule is O=C(CCCC(F)(F)F)CC1CS(=O)(=O)CCN1. The van der Waals surface area contributed by atoms with Crippen molar-refractivity contribution in [2.75, 3.05) is 18.1 Å². The Balaban J connectivity index is 2.28. The summed E-state index contributed by atoms with van der Waals surface area (Å²) in [6, 6.07) is -0.456. The third-order valence-electron chi connectivity index (χ3n) is 2.69. The van der Waals surface area contributed by atoms with Crippen LogP contribution in [0, 0.1) is 0 Å². The lowest BCUT2D eigenvalue weighted by molar-refractivity contribution is -0.137. The number of nitrogens with one attached hydrogen (secondary N) is 1. The Morgan fingerprint density at radius 1 is 1.33 bits per heavy atom. The molecule has 0 radical (unpaired) electrons. The van der Waals surface area contributed by atoms with E-state index >= 15 is 0 Å². The Labute approximate surface area is 104 Å². The van der Waals surface area contributed by atoms with Gasteiger partial charge in [-0.2, -0.15) is 13.2 Å². The van der Waals surface area contributed by atoms with E-state index in [9.17, 15) is 26.4 Å². The maximum absolute atomic E-state index is 11.9. The molecule has 8 heteroatoms. The molecule has 1 unspecified atom stereocenters. The first-order valence-corrected chi connectivity index (χ1v) is 7.52. The third-order valence-corrected chi connectivity index (χ3v) is 4.43. The molecule has 1 aliphatic rings. The minimum atomic E-state index is -4.24. The van der Waals surface area contributed by atoms with Crippen LogP contribution in [0.15, 0.2) is 0 Å². The summed E-state index contributed by atoms with van der Waals surface area (Å²) in [4.78, 5) is 11.4. The Morgan fingerprint density at radius 2 is 2.00 bits per heavy atom. The van der Waals surface area contributed by atoms with Gasteiger partial charge in [0.25, 0.3) is 0 Å². The van der Waals surface area contributed by atoms with E-state index in [1.165, 1.54) is 0 Å². The highest BCUT2D eigenvalue weighted by Crippen LogP contribution is 2.22. The van der Waals surface area contributed by atoms with E-state index in [-0.39, 0.29) is 36.6 Å². The van der Waals surface area contributed by atoms with Crippen molar-refractivity contribution in [1.29, 1.82) is 0 Å². The van der Waals surface area contributed by atoms with Crippen LogP contribution in [-0.2, 0) is 14.6 Å². The first kappa shape index (κ1) is 15.4. The molecule has 1 rings (SSSR count). The van der Waals surface area contributed by atoms with E-state index in [0.717, 1.165) is 0 Å². The van der Waals surface area contributed by atoms with Crippen molar-refractivity contribution in [2.45, 2.75) is 37.9 Å². The molecular formula is C10H16F3NO3S. The first-order valence-electron chi connectivity index (χ1n) is 5.70. The number of ketones is 1. The lowest BCUT2D eigenvalue weighted by Crippen LogP contribution is -2.45. The van der Waals surface area contributed by atoms with Crippen molar-refractivity contribution in [3.8, 4) is 0 Å². The van der Waals surface area contributed by atoms with Crippen LogP contribution in [0.4, 0.5) is 13.2 Å². The Hall–Kier alpha value is -0.630. The van der Waals surface area contributed by atoms with Crippen LogP contribution in [0.5, 0.6) is 0 Å². The van der Waals surface area contributed by atoms with Gasteiger partial charge in [-0.25, -0.2) is 8.42 Å². The standard InChI is InChI=1S/C10H16F3NO3S/c11-10(12,13)3-1-2-9(15)6-8-7-18(16,17)5-4-14-8/h8,14H,1-7H2. The number of carbonyl (C=O) groups excluding carboxylic acids is 1. The third kappa shape index (κ3) is 6.34. The lowest BCUT2D eigenvalue weighted by atomic mass is 10.1. The molecule has 0 aromatic carbocycles. The number of hydrogen-bond acceptors (Lipinski definition) is 4. The molecule has 0 aliphatic carbocycles. The van der Waals surface area contributed by atoms with Gasteiger partial charge in [-0.15, -0.1) is 0 Å². The predicted octanol–water partition coefficient (Wildman–Crippen LogP) is 1.06. The molecule has 1 aliphatic heterocycles. The number of carbonyl (C=O) groups is 1. The van der Waals surface area contributed by atoms with Crippen LogP contribution in [0.25, 0.3) is 0 Å². The Morgan fingerprint density at radius 3 is 2.56 bits per heavy atom. The lowest BCUT2D eigenvalue weighted by Gasteiger charge is -2.22. The normalized spacial score (nSPS) is 23.8. The van der Waals surface area contributed by atoms with Gasteiger partial charge in [-0.05, 0) is 6.42 Å². The molecule has 18 heavy (non-hydrogen) atoms. The fourth-order valence-corrected chi connectivity index (χ4v) is 3.31. The minimum Gasteiger partial charge on any atom is -0.312 e. The maximum Gasteiger partial charge on any atom is 0.389 e. The fourth-order valence-electron chi connectivity index (χ4n) is 1.86. The van der Waals surface area contributed by atoms with Gasteiger partial charge in [0.15, 0.2) is 9.84 Å². The zero-order valence-electron chi connectivity index (χ0n) is 9.79. The van der Waals surface area contributed by atoms with Gasteiger partial charge >= 0.3 is 6.18 Å². The number of hydrogen-bond donors (Lipinski definition) is 1. The number of sulfone groups is 1. The largest absolute Gasteiger partial charge is 0.389 e. The molecule has 1 heterocycles. The van der Waals surface area contributed by atoms with E-state index in [1.807, 2.05) is 0 Å². The van der Waals surface area contributed by atoms with E-state index in [0.29, 0.717) is 6.54 Å². The van der Waals surface area contributed by atoms with E-state index in [2.05, 4.69) is 5.32 Å². The van der Waals surface area contributed by atoms with Crippen LogP contribution < -0.4 is 5.32 Å². The second-order valence-corrected chi connectivity index (χ2v) is 6.71. The van der Waals surface area contributed by atoms with Crippen molar-refractivity contribution in [2.24, 2.45) is 0 Å². The molecular weight excluding hydrogens is 271 g/mol. The summed E-state index contributed by atoms with van der Waals surface area (Å²) in [5.41, 5.74) is 0. The second-order valence-electron chi connectivity index (χ2n) is 4.48. The summed E-state index contributed by atoms with van der Waals surface area (Å²) < 4.78 is 58.2. The van der Waals surface area contributed by atoms with Crippen molar-refractivity contribution < 1.29 is 26.4 Å². The van der Waals surface area contributed by atoms with Gasteiger partial charge in [-0.3, -0.25) is 4.79 Å². The smallest absolute Gasteiger partial charge is 0.312 e. The monoisotopic (exact) mass is 287 g/mol. The van der Waals surface area contributed by atoms with E-state index < -0.39 is 28.5 Å². The zero-order valence-corrected chi connectivity index (χ0v) is 10.6. The minimum absolute atomic E-state index is 0.0168. The Bertz CT molecular complexity index is 392. The number of Topliss-reactive ketones (excluding diaryl/α,β-unsaturated/α-hetero) is 1. The highest BCUT2D eigenvalue weighted by atomic mass is 32.2. The molecule has 4 nitrogen and oxygen atoms in total. The molecule has 0 aromatic rings. The predicted molar refractivity (Wildman–Crippen MR) is 60.0 cm³/mol. The maximum atomic E-state index is 11.9. The van der Waals surface area contributed by atoms with Gasteiger partial charge in [-0.1, -0.05) is 0 Å². The van der Waals surface area contributed by atoms with Crippen molar-refractivity contribution in [3.05, 3.63) is 0 Å². The molecule has 0 amide bonds. The van der Waals surface area contributed by atoms with Crippen LogP contribution in [0.3, 0.4) is 0 Å². The van der Waals surface area contributed by atoms with Gasteiger partial charge in [0, 0.05) is 31.8 Å². The van der Waals surface area contributed by atoms with E-state index in [4.69, 9.17) is 0 Å². The summed E-state index contributed by atoms with van der Waals surface area (Å²) in [5, 5.41) is 2.89. The van der Waals surface area contributed by atoms with E-state index in [1.54, 1.807) is 0 Å². The molecule has 1 N–H and O–H groups in total. The van der Waals surface area contributed by atoms with Crippen LogP contribution >= 0.6 is 0 Å². The van der Waals surface area contributed by atoms with Crippen LogP contribution in [0.1, 0.15) is 25.7 Å². The second kappa shape index (κ2) is 6.01. The summed E-state index contributed by atoms with van der Waals surface area (Å²) in [5.74, 6) is -0.391. The highest BCUT2D eigenvalue weighted by molar-refractivity contribution is 7.91. The van der Waals surface area contributed by atoms with Crippen molar-refractivity contribution >= 4 is 15.6 Å². The molecule has 0 bridgehead atoms. The average molecular weight is 287 g/mol. The van der Waals surface area contributed by atoms with Gasteiger partial charge in [0.1, 0.15) is 5.78 Å². The molecule has 106 valence electrons. The number of rotatable bonds is 5. The summed E-state index contributed by atoms with van der Waals surface area (Å²) in [6.45, 7) is 0.294. The molecule has 0 saturated carbocycles. The Kier molecular flexibility index (Phi) is 5.15. The van der Waals surface area contributed by atoms with Gasteiger partial charge < -0.3 is 5.32 Å². The molecule has 1 atom stereocenters. The zero-order chi connectivity index (χ0) is 13.8. The summed E-state index contributed by atoms with van der Waals surface area (Å²) in [7, 11) is -3.12. The highest BCUT2D eigenvalue weighted by Gasteiger charge is 2.28. The first-order chi connectivity index (χ1) is 8.18. The molecule has 1 saturated heterocycles. The summed E-state index contributed by atoms with van der Waals surface area (Å²) >= 11 is 0.